The van der Waals surface area contributed by atoms with Crippen molar-refractivity contribution in [3.05, 3.63) is 36.0 Å². The van der Waals surface area contributed by atoms with E-state index in [0.29, 0.717) is 16.5 Å². The molecule has 2 aromatic rings. The van der Waals surface area contributed by atoms with E-state index in [1.807, 2.05) is 6.07 Å². The van der Waals surface area contributed by atoms with E-state index >= 15 is 0 Å². The standard InChI is InChI=1S/C16H16N6O2S/c1-9(25-16-19-8-11(7-17)14(18)22-16)15(24)21-13-5-3-12(4-6-13)20-10(2)23/h3-6,8-9H,1-2H3,(H,20,23)(H,21,24)(H2,18,19,22)/t9-/m0/s1. The molecular weight excluding hydrogens is 340 g/mol. The minimum Gasteiger partial charge on any atom is -0.382 e. The number of hydrogen-bond donors (Lipinski definition) is 3. The molecule has 0 aliphatic rings. The molecular formula is C16H16N6O2S. The van der Waals surface area contributed by atoms with Crippen molar-refractivity contribution in [3.8, 4) is 6.07 Å². The van der Waals surface area contributed by atoms with Gasteiger partial charge in [-0.15, -0.1) is 0 Å². The van der Waals surface area contributed by atoms with E-state index < -0.39 is 5.25 Å². The Kier molecular flexibility index (Phi) is 5.92. The maximum atomic E-state index is 12.2. The van der Waals surface area contributed by atoms with Crippen LogP contribution in [0.15, 0.2) is 35.6 Å². The van der Waals surface area contributed by atoms with Gasteiger partial charge in [-0.25, -0.2) is 9.97 Å². The number of nitrogens with one attached hydrogen (secondary N) is 2. The fourth-order valence-electron chi connectivity index (χ4n) is 1.82. The summed E-state index contributed by atoms with van der Waals surface area (Å²) < 4.78 is 0. The zero-order chi connectivity index (χ0) is 18.4. The van der Waals surface area contributed by atoms with Gasteiger partial charge in [0.1, 0.15) is 17.5 Å². The number of carbonyl (C=O) groups excluding carboxylic acids is 2. The number of carbonyl (C=O) groups is 2. The lowest BCUT2D eigenvalue weighted by Crippen LogP contribution is -2.22. The SMILES string of the molecule is CC(=O)Nc1ccc(NC(=O)[C@H](C)Sc2ncc(C#N)c(N)n2)cc1. The predicted octanol–water partition coefficient (Wildman–Crippen LogP) is 2.01. The van der Waals surface area contributed by atoms with Crippen LogP contribution < -0.4 is 16.4 Å². The first-order valence-corrected chi connectivity index (χ1v) is 8.15. The van der Waals surface area contributed by atoms with E-state index in [2.05, 4.69) is 20.6 Å². The van der Waals surface area contributed by atoms with E-state index in [9.17, 15) is 9.59 Å². The second kappa shape index (κ2) is 8.12. The fraction of sp³-hybridized carbons (Fsp3) is 0.188. The van der Waals surface area contributed by atoms with Crippen molar-refractivity contribution < 1.29 is 9.59 Å². The van der Waals surface area contributed by atoms with Gasteiger partial charge in [-0.1, -0.05) is 11.8 Å². The topological polar surface area (TPSA) is 134 Å². The Morgan fingerprint density at radius 3 is 2.36 bits per heavy atom. The Balaban J connectivity index is 1.97. The quantitative estimate of drug-likeness (QED) is 0.551. The van der Waals surface area contributed by atoms with Crippen LogP contribution in [0, 0.1) is 11.3 Å². The summed E-state index contributed by atoms with van der Waals surface area (Å²) in [5.74, 6) is -0.312. The number of nitrogen functional groups attached to an aromatic ring is 1. The number of anilines is 3. The van der Waals surface area contributed by atoms with Gasteiger partial charge in [0.25, 0.3) is 0 Å². The molecule has 0 spiro atoms. The van der Waals surface area contributed by atoms with Crippen LogP contribution in [0.3, 0.4) is 0 Å². The zero-order valence-electron chi connectivity index (χ0n) is 13.6. The van der Waals surface area contributed by atoms with Gasteiger partial charge in [0.05, 0.1) is 11.4 Å². The Morgan fingerprint density at radius 1 is 1.24 bits per heavy atom. The summed E-state index contributed by atoms with van der Waals surface area (Å²) in [5.41, 5.74) is 7.08. The number of aromatic nitrogens is 2. The van der Waals surface area contributed by atoms with E-state index in [-0.39, 0.29) is 23.2 Å². The Morgan fingerprint density at radius 2 is 1.84 bits per heavy atom. The summed E-state index contributed by atoms with van der Waals surface area (Å²) in [4.78, 5) is 31.2. The summed E-state index contributed by atoms with van der Waals surface area (Å²) in [6.45, 7) is 3.13. The molecule has 9 heteroatoms. The molecule has 128 valence electrons. The number of nitrogens with zero attached hydrogens (tertiary/aromatic N) is 3. The number of rotatable bonds is 5. The predicted molar refractivity (Wildman–Crippen MR) is 95.9 cm³/mol. The first-order valence-electron chi connectivity index (χ1n) is 7.27. The summed E-state index contributed by atoms with van der Waals surface area (Å²) in [7, 11) is 0. The first kappa shape index (κ1) is 18.2. The third kappa shape index (κ3) is 5.19. The van der Waals surface area contributed by atoms with Crippen LogP contribution in [0.2, 0.25) is 0 Å². The molecule has 0 bridgehead atoms. The lowest BCUT2D eigenvalue weighted by molar-refractivity contribution is -0.115. The summed E-state index contributed by atoms with van der Waals surface area (Å²) in [6.07, 6.45) is 1.33. The highest BCUT2D eigenvalue weighted by Gasteiger charge is 2.17. The van der Waals surface area contributed by atoms with E-state index in [1.54, 1.807) is 31.2 Å². The van der Waals surface area contributed by atoms with Gasteiger partial charge >= 0.3 is 0 Å². The van der Waals surface area contributed by atoms with Crippen LogP contribution >= 0.6 is 11.8 Å². The molecule has 1 aromatic carbocycles. The van der Waals surface area contributed by atoms with Gasteiger partial charge in [-0.3, -0.25) is 9.59 Å². The number of hydrogen-bond acceptors (Lipinski definition) is 7. The van der Waals surface area contributed by atoms with Crippen LogP contribution in [-0.2, 0) is 9.59 Å². The monoisotopic (exact) mass is 356 g/mol. The van der Waals surface area contributed by atoms with Gasteiger partial charge in [-0.05, 0) is 31.2 Å². The van der Waals surface area contributed by atoms with Crippen molar-refractivity contribution in [1.82, 2.24) is 9.97 Å². The van der Waals surface area contributed by atoms with Crippen LogP contribution in [0.25, 0.3) is 0 Å². The lowest BCUT2D eigenvalue weighted by Gasteiger charge is -2.12. The van der Waals surface area contributed by atoms with Gasteiger partial charge < -0.3 is 16.4 Å². The van der Waals surface area contributed by atoms with Crippen LogP contribution in [0.5, 0.6) is 0 Å². The highest BCUT2D eigenvalue weighted by atomic mass is 32.2. The molecule has 1 heterocycles. The number of benzene rings is 1. The highest BCUT2D eigenvalue weighted by Crippen LogP contribution is 2.22. The van der Waals surface area contributed by atoms with Crippen molar-refractivity contribution in [2.75, 3.05) is 16.4 Å². The Labute approximate surface area is 148 Å². The molecule has 1 atom stereocenters. The third-order valence-electron chi connectivity index (χ3n) is 3.04. The molecule has 0 aliphatic heterocycles. The van der Waals surface area contributed by atoms with Gasteiger partial charge in [-0.2, -0.15) is 5.26 Å². The first-order chi connectivity index (χ1) is 11.9. The second-order valence-electron chi connectivity index (χ2n) is 5.07. The minimum absolute atomic E-state index is 0.0844. The molecule has 8 nitrogen and oxygen atoms in total. The number of thioether (sulfide) groups is 1. The van der Waals surface area contributed by atoms with Crippen molar-refractivity contribution in [2.24, 2.45) is 0 Å². The smallest absolute Gasteiger partial charge is 0.237 e. The maximum Gasteiger partial charge on any atom is 0.237 e. The molecule has 1 aromatic heterocycles. The number of nitriles is 1. The van der Waals surface area contributed by atoms with Crippen LogP contribution in [-0.4, -0.2) is 27.0 Å². The maximum absolute atomic E-state index is 12.2. The van der Waals surface area contributed by atoms with E-state index in [1.165, 1.54) is 13.1 Å². The third-order valence-corrected chi connectivity index (χ3v) is 4.02. The minimum atomic E-state index is -0.470. The average Bonchev–Trinajstić information content (AvgIpc) is 2.56. The van der Waals surface area contributed by atoms with Gasteiger partial charge in [0.15, 0.2) is 5.16 Å². The molecule has 25 heavy (non-hydrogen) atoms. The second-order valence-corrected chi connectivity index (χ2v) is 6.38. The van der Waals surface area contributed by atoms with E-state index in [4.69, 9.17) is 11.0 Å². The largest absolute Gasteiger partial charge is 0.382 e. The molecule has 0 radical (unpaired) electrons. The Hall–Kier alpha value is -3.12. The molecule has 0 saturated carbocycles. The molecule has 0 fully saturated rings. The Bertz CT molecular complexity index is 832. The normalized spacial score (nSPS) is 11.2. The molecule has 0 unspecified atom stereocenters. The lowest BCUT2D eigenvalue weighted by atomic mass is 10.2. The van der Waals surface area contributed by atoms with E-state index in [0.717, 1.165) is 11.8 Å². The fourth-order valence-corrected chi connectivity index (χ4v) is 2.56. The molecule has 2 amide bonds. The van der Waals surface area contributed by atoms with Crippen molar-refractivity contribution in [3.63, 3.8) is 0 Å². The van der Waals surface area contributed by atoms with Gasteiger partial charge in [0.2, 0.25) is 11.8 Å². The number of amides is 2. The summed E-state index contributed by atoms with van der Waals surface area (Å²) >= 11 is 1.14. The summed E-state index contributed by atoms with van der Waals surface area (Å²) in [5, 5.41) is 14.1. The number of nitrogens with two attached hydrogens (primary N) is 1. The molecule has 4 N–H and O–H groups in total. The van der Waals surface area contributed by atoms with Crippen LogP contribution in [0.4, 0.5) is 17.2 Å². The van der Waals surface area contributed by atoms with Crippen molar-refractivity contribution >= 4 is 40.8 Å². The van der Waals surface area contributed by atoms with Crippen molar-refractivity contribution in [2.45, 2.75) is 24.3 Å². The molecule has 0 saturated heterocycles. The highest BCUT2D eigenvalue weighted by molar-refractivity contribution is 8.00. The molecule has 0 aliphatic carbocycles. The van der Waals surface area contributed by atoms with Crippen LogP contribution in [0.1, 0.15) is 19.4 Å². The molecule has 2 rings (SSSR count). The zero-order valence-corrected chi connectivity index (χ0v) is 14.4. The van der Waals surface area contributed by atoms with Gasteiger partial charge in [0, 0.05) is 18.3 Å². The van der Waals surface area contributed by atoms with Crippen molar-refractivity contribution in [1.29, 1.82) is 5.26 Å². The average molecular weight is 356 g/mol. The summed E-state index contributed by atoms with van der Waals surface area (Å²) in [6, 6.07) is 8.65.